The monoisotopic (exact) mass is 327 g/mol. The summed E-state index contributed by atoms with van der Waals surface area (Å²) in [6.45, 7) is 0.457. The van der Waals surface area contributed by atoms with Crippen molar-refractivity contribution in [3.63, 3.8) is 0 Å². The van der Waals surface area contributed by atoms with Crippen LogP contribution in [0.3, 0.4) is 0 Å². The fourth-order valence-electron chi connectivity index (χ4n) is 2.62. The Labute approximate surface area is 130 Å². The number of aromatic nitrogens is 1. The van der Waals surface area contributed by atoms with E-state index in [-0.39, 0.29) is 6.03 Å². The lowest BCUT2D eigenvalue weighted by Crippen LogP contribution is -2.51. The Hall–Kier alpha value is -1.28. The largest absolute Gasteiger partial charge is 0.480 e. The molecule has 8 heteroatoms. The first kappa shape index (κ1) is 14.6. The average molecular weight is 327 g/mol. The molecule has 1 aromatic rings. The van der Waals surface area contributed by atoms with Crippen LogP contribution in [0.1, 0.15) is 23.4 Å². The number of carboxylic acid groups (broad SMARTS) is 1. The number of carbonyl (C=O) groups is 2. The van der Waals surface area contributed by atoms with E-state index in [0.29, 0.717) is 17.4 Å². The number of hydrogen-bond acceptors (Lipinski definition) is 5. The van der Waals surface area contributed by atoms with E-state index in [1.54, 1.807) is 11.8 Å². The summed E-state index contributed by atoms with van der Waals surface area (Å²) in [5.74, 6) is 0.263. The molecule has 2 aliphatic rings. The van der Waals surface area contributed by atoms with Gasteiger partial charge in [0.25, 0.3) is 0 Å². The summed E-state index contributed by atoms with van der Waals surface area (Å²) in [5, 5.41) is 12.6. The van der Waals surface area contributed by atoms with Crippen molar-refractivity contribution in [3.05, 3.63) is 10.6 Å². The topological polar surface area (TPSA) is 82.5 Å². The number of fused-ring (bicyclic) bond motifs is 1. The van der Waals surface area contributed by atoms with Gasteiger partial charge in [-0.2, -0.15) is 11.8 Å². The van der Waals surface area contributed by atoms with Crippen LogP contribution in [0.5, 0.6) is 0 Å². The Bertz CT molecular complexity index is 537. The molecule has 6 nitrogen and oxygen atoms in total. The maximum absolute atomic E-state index is 12.3. The summed E-state index contributed by atoms with van der Waals surface area (Å²) in [6, 6.07) is -1.10. The molecule has 1 fully saturated rings. The molecule has 2 N–H and O–H groups in total. The quantitative estimate of drug-likeness (QED) is 0.869. The third kappa shape index (κ3) is 3.16. The first-order chi connectivity index (χ1) is 10.1. The van der Waals surface area contributed by atoms with E-state index in [2.05, 4.69) is 10.3 Å². The Morgan fingerprint density at radius 1 is 1.33 bits per heavy atom. The van der Waals surface area contributed by atoms with Gasteiger partial charge in [-0.1, -0.05) is 0 Å². The zero-order valence-electron chi connectivity index (χ0n) is 11.5. The second kappa shape index (κ2) is 6.23. The van der Waals surface area contributed by atoms with Crippen molar-refractivity contribution >= 4 is 40.2 Å². The molecule has 3 rings (SSSR count). The van der Waals surface area contributed by atoms with E-state index in [0.717, 1.165) is 30.7 Å². The van der Waals surface area contributed by atoms with Gasteiger partial charge in [-0.3, -0.25) is 5.32 Å². The van der Waals surface area contributed by atoms with E-state index >= 15 is 0 Å². The highest BCUT2D eigenvalue weighted by atomic mass is 32.2. The minimum absolute atomic E-state index is 0.353. The summed E-state index contributed by atoms with van der Waals surface area (Å²) >= 11 is 3.08. The van der Waals surface area contributed by atoms with Crippen molar-refractivity contribution in [1.29, 1.82) is 0 Å². The molecule has 0 radical (unpaired) electrons. The first-order valence-electron chi connectivity index (χ1n) is 7.02. The highest BCUT2D eigenvalue weighted by Crippen LogP contribution is 2.30. The van der Waals surface area contributed by atoms with Gasteiger partial charge in [0.1, 0.15) is 6.04 Å². The molecule has 1 saturated heterocycles. The molecule has 2 amide bonds. The predicted molar refractivity (Wildman–Crippen MR) is 83.2 cm³/mol. The van der Waals surface area contributed by atoms with Crippen molar-refractivity contribution in [2.24, 2.45) is 0 Å². The molecule has 0 bridgehead atoms. The fraction of sp³-hybridized carbons (Fsp3) is 0.615. The molecule has 0 saturated carbocycles. The minimum Gasteiger partial charge on any atom is -0.480 e. The van der Waals surface area contributed by atoms with Crippen molar-refractivity contribution in [2.45, 2.75) is 31.7 Å². The van der Waals surface area contributed by atoms with Crippen LogP contribution >= 0.6 is 23.1 Å². The van der Waals surface area contributed by atoms with Crippen LogP contribution < -0.4 is 5.32 Å². The zero-order chi connectivity index (χ0) is 14.8. The fourth-order valence-corrected chi connectivity index (χ4v) is 4.70. The van der Waals surface area contributed by atoms with Crippen molar-refractivity contribution in [3.8, 4) is 0 Å². The maximum Gasteiger partial charge on any atom is 0.327 e. The van der Waals surface area contributed by atoms with E-state index in [4.69, 9.17) is 0 Å². The molecule has 2 heterocycles. The van der Waals surface area contributed by atoms with Gasteiger partial charge >= 0.3 is 12.0 Å². The highest BCUT2D eigenvalue weighted by molar-refractivity contribution is 7.99. The van der Waals surface area contributed by atoms with Gasteiger partial charge in [-0.25, -0.2) is 14.6 Å². The maximum atomic E-state index is 12.3. The normalized spacial score (nSPS) is 21.7. The number of aryl methyl sites for hydroxylation is 2. The number of urea groups is 1. The molecule has 0 spiro atoms. The number of nitrogens with zero attached hydrogens (tertiary/aromatic N) is 2. The summed E-state index contributed by atoms with van der Waals surface area (Å²) in [5.41, 5.74) is 1.09. The van der Waals surface area contributed by atoms with Crippen molar-refractivity contribution in [2.75, 3.05) is 23.4 Å². The zero-order valence-corrected chi connectivity index (χ0v) is 13.1. The molecule has 1 aromatic heterocycles. The van der Waals surface area contributed by atoms with E-state index < -0.39 is 12.0 Å². The summed E-state index contributed by atoms with van der Waals surface area (Å²) in [7, 11) is 0. The molecule has 21 heavy (non-hydrogen) atoms. The molecule has 114 valence electrons. The molecular formula is C13H17N3O3S2. The number of aliphatic carboxylic acids is 1. The number of thiazole rings is 1. The molecule has 1 aliphatic carbocycles. The number of hydrogen-bond donors (Lipinski definition) is 2. The van der Waals surface area contributed by atoms with E-state index in [9.17, 15) is 14.7 Å². The molecule has 1 aliphatic heterocycles. The van der Waals surface area contributed by atoms with Crippen molar-refractivity contribution < 1.29 is 14.7 Å². The van der Waals surface area contributed by atoms with Gasteiger partial charge < -0.3 is 10.0 Å². The molecular weight excluding hydrogens is 310 g/mol. The standard InChI is InChI=1S/C13H17N3O3S2/c17-11(18)9-7-20-6-5-16(9)13(19)15-12-14-8-3-1-2-4-10(8)21-12/h9H,1-7H2,(H,17,18)(H,14,15,19). The van der Waals surface area contributed by atoms with E-state index in [1.807, 2.05) is 0 Å². The van der Waals surface area contributed by atoms with Crippen LogP contribution in [0, 0.1) is 0 Å². The number of carbonyl (C=O) groups excluding carboxylic acids is 1. The lowest BCUT2D eigenvalue weighted by molar-refractivity contribution is -0.141. The molecule has 1 unspecified atom stereocenters. The third-order valence-corrected chi connectivity index (χ3v) is 5.83. The van der Waals surface area contributed by atoms with Crippen molar-refractivity contribution in [1.82, 2.24) is 9.88 Å². The number of nitrogens with one attached hydrogen (secondary N) is 1. The van der Waals surface area contributed by atoms with Crippen LogP contribution in [-0.4, -0.2) is 51.1 Å². The van der Waals surface area contributed by atoms with Gasteiger partial charge in [-0.15, -0.1) is 11.3 Å². The lowest BCUT2D eigenvalue weighted by Gasteiger charge is -2.32. The smallest absolute Gasteiger partial charge is 0.327 e. The van der Waals surface area contributed by atoms with Gasteiger partial charge in [0, 0.05) is 22.9 Å². The first-order valence-corrected chi connectivity index (χ1v) is 8.99. The number of anilines is 1. The van der Waals surface area contributed by atoms with Gasteiger partial charge in [0.05, 0.1) is 5.69 Å². The second-order valence-electron chi connectivity index (χ2n) is 5.15. The van der Waals surface area contributed by atoms with Crippen LogP contribution in [0.2, 0.25) is 0 Å². The molecule has 0 aromatic carbocycles. The van der Waals surface area contributed by atoms with Crippen LogP contribution in [-0.2, 0) is 17.6 Å². The number of thioether (sulfide) groups is 1. The molecule has 1 atom stereocenters. The highest BCUT2D eigenvalue weighted by Gasteiger charge is 2.32. The third-order valence-electron chi connectivity index (χ3n) is 3.73. The van der Waals surface area contributed by atoms with Gasteiger partial charge in [0.2, 0.25) is 0 Å². The number of carboxylic acids is 1. The second-order valence-corrected chi connectivity index (χ2v) is 7.38. The Morgan fingerprint density at radius 3 is 2.90 bits per heavy atom. The SMILES string of the molecule is O=C(O)C1CSCCN1C(=O)Nc1nc2c(s1)CCCC2. The van der Waals surface area contributed by atoms with Crippen LogP contribution in [0.25, 0.3) is 0 Å². The van der Waals surface area contributed by atoms with Crippen LogP contribution in [0.15, 0.2) is 0 Å². The Balaban J connectivity index is 1.70. The Kier molecular flexibility index (Phi) is 4.34. The summed E-state index contributed by atoms with van der Waals surface area (Å²) < 4.78 is 0. The predicted octanol–water partition coefficient (Wildman–Crippen LogP) is 2.06. The number of rotatable bonds is 2. The van der Waals surface area contributed by atoms with Gasteiger partial charge in [0.15, 0.2) is 5.13 Å². The lowest BCUT2D eigenvalue weighted by atomic mass is 10.0. The van der Waals surface area contributed by atoms with Crippen LogP contribution in [0.4, 0.5) is 9.93 Å². The number of amides is 2. The minimum atomic E-state index is -0.948. The van der Waals surface area contributed by atoms with E-state index in [1.165, 1.54) is 27.5 Å². The summed E-state index contributed by atoms with van der Waals surface area (Å²) in [6.07, 6.45) is 4.32. The Morgan fingerprint density at radius 2 is 2.14 bits per heavy atom. The van der Waals surface area contributed by atoms with Gasteiger partial charge in [-0.05, 0) is 25.7 Å². The average Bonchev–Trinajstić information content (AvgIpc) is 2.89. The summed E-state index contributed by atoms with van der Waals surface area (Å²) in [4.78, 5) is 30.7.